The minimum absolute atomic E-state index is 0.00393. The normalized spacial score (nSPS) is 13.5. The molecule has 0 aliphatic carbocycles. The quantitative estimate of drug-likeness (QED) is 0.401. The Bertz CT molecular complexity index is 1250. The number of hydrogen-bond donors (Lipinski definition) is 1. The molecular formula is C26H33ClF3N3O4S. The van der Waals surface area contributed by atoms with Gasteiger partial charge in [0, 0.05) is 12.6 Å². The summed E-state index contributed by atoms with van der Waals surface area (Å²) in [5.41, 5.74) is 0.00166. The Kier molecular flexibility index (Phi) is 10.6. The molecule has 0 saturated carbocycles. The zero-order valence-corrected chi connectivity index (χ0v) is 23.5. The third-order valence-corrected chi connectivity index (χ3v) is 7.68. The molecule has 0 spiro atoms. The number of amides is 2. The lowest BCUT2D eigenvalue weighted by molar-refractivity contribution is -0.140. The maximum atomic E-state index is 13.7. The van der Waals surface area contributed by atoms with Crippen LogP contribution in [-0.4, -0.2) is 50.0 Å². The van der Waals surface area contributed by atoms with Gasteiger partial charge in [-0.3, -0.25) is 13.9 Å². The maximum Gasteiger partial charge on any atom is 0.417 e. The van der Waals surface area contributed by atoms with Crippen molar-refractivity contribution in [3.63, 3.8) is 0 Å². The van der Waals surface area contributed by atoms with E-state index < -0.39 is 51.2 Å². The van der Waals surface area contributed by atoms with E-state index in [4.69, 9.17) is 11.6 Å². The van der Waals surface area contributed by atoms with Gasteiger partial charge in [-0.05, 0) is 56.0 Å². The average Bonchev–Trinajstić information content (AvgIpc) is 2.82. The molecule has 0 saturated heterocycles. The number of sulfonamides is 1. The summed E-state index contributed by atoms with van der Waals surface area (Å²) in [6.07, 6.45) is -3.15. The largest absolute Gasteiger partial charge is 0.417 e. The van der Waals surface area contributed by atoms with E-state index in [1.807, 2.05) is 32.9 Å². The van der Waals surface area contributed by atoms with E-state index in [0.717, 1.165) is 29.5 Å². The summed E-state index contributed by atoms with van der Waals surface area (Å²) in [6, 6.07) is 8.76. The van der Waals surface area contributed by atoms with Gasteiger partial charge in [0.05, 0.1) is 22.5 Å². The molecular weight excluding hydrogens is 543 g/mol. The van der Waals surface area contributed by atoms with Crippen LogP contribution in [0.3, 0.4) is 0 Å². The smallest absolute Gasteiger partial charge is 0.352 e. The van der Waals surface area contributed by atoms with Crippen LogP contribution in [0.5, 0.6) is 0 Å². The topological polar surface area (TPSA) is 86.8 Å². The van der Waals surface area contributed by atoms with E-state index >= 15 is 0 Å². The van der Waals surface area contributed by atoms with Gasteiger partial charge in [0.15, 0.2) is 0 Å². The summed E-state index contributed by atoms with van der Waals surface area (Å²) in [7, 11) is -4.20. The van der Waals surface area contributed by atoms with Gasteiger partial charge >= 0.3 is 6.18 Å². The lowest BCUT2D eigenvalue weighted by atomic mass is 10.1. The van der Waals surface area contributed by atoms with Crippen molar-refractivity contribution in [2.75, 3.05) is 17.1 Å². The number of carbonyl (C=O) groups is 2. The number of benzene rings is 2. The third-order valence-electron chi connectivity index (χ3n) is 6.21. The van der Waals surface area contributed by atoms with Crippen LogP contribution in [0.4, 0.5) is 18.9 Å². The van der Waals surface area contributed by atoms with Crippen LogP contribution in [0.25, 0.3) is 0 Å². The van der Waals surface area contributed by atoms with Gasteiger partial charge in [-0.2, -0.15) is 13.2 Å². The van der Waals surface area contributed by atoms with Crippen LogP contribution >= 0.6 is 11.6 Å². The van der Waals surface area contributed by atoms with E-state index in [-0.39, 0.29) is 24.7 Å². The molecule has 0 aliphatic rings. The van der Waals surface area contributed by atoms with Crippen LogP contribution in [-0.2, 0) is 32.3 Å². The van der Waals surface area contributed by atoms with E-state index in [1.165, 1.54) is 4.90 Å². The first-order chi connectivity index (χ1) is 17.6. The maximum absolute atomic E-state index is 13.7. The van der Waals surface area contributed by atoms with Crippen molar-refractivity contribution in [3.05, 3.63) is 64.2 Å². The molecule has 2 atom stereocenters. The van der Waals surface area contributed by atoms with Crippen molar-refractivity contribution in [1.82, 2.24) is 10.2 Å². The van der Waals surface area contributed by atoms with Crippen molar-refractivity contribution in [2.24, 2.45) is 0 Å². The number of halogens is 4. The summed E-state index contributed by atoms with van der Waals surface area (Å²) in [6.45, 7) is 6.48. The number of carbonyl (C=O) groups excluding carboxylic acids is 2. The number of nitrogens with zero attached hydrogens (tertiary/aromatic N) is 2. The fourth-order valence-corrected chi connectivity index (χ4v) is 4.90. The monoisotopic (exact) mass is 575 g/mol. The lowest BCUT2D eigenvalue weighted by Crippen LogP contribution is -2.53. The van der Waals surface area contributed by atoms with Crippen LogP contribution in [0.2, 0.25) is 5.02 Å². The molecule has 0 radical (unpaired) electrons. The van der Waals surface area contributed by atoms with Crippen LogP contribution in [0.15, 0.2) is 42.5 Å². The molecule has 210 valence electrons. The van der Waals surface area contributed by atoms with Gasteiger partial charge in [-0.25, -0.2) is 8.42 Å². The molecule has 12 heteroatoms. The predicted molar refractivity (Wildman–Crippen MR) is 142 cm³/mol. The number of hydrogen-bond acceptors (Lipinski definition) is 4. The summed E-state index contributed by atoms with van der Waals surface area (Å²) < 4.78 is 66.3. The van der Waals surface area contributed by atoms with E-state index in [9.17, 15) is 31.2 Å². The second kappa shape index (κ2) is 12.8. The Morgan fingerprint density at radius 3 is 2.24 bits per heavy atom. The highest BCUT2D eigenvalue weighted by Crippen LogP contribution is 2.37. The first-order valence-corrected chi connectivity index (χ1v) is 14.3. The van der Waals surface area contributed by atoms with Gasteiger partial charge in [-0.1, -0.05) is 49.7 Å². The molecule has 2 rings (SSSR count). The van der Waals surface area contributed by atoms with Gasteiger partial charge in [0.1, 0.15) is 12.6 Å². The average molecular weight is 576 g/mol. The second-order valence-electron chi connectivity index (χ2n) is 9.12. The molecule has 0 bridgehead atoms. The molecule has 2 aromatic rings. The van der Waals surface area contributed by atoms with E-state index in [0.29, 0.717) is 16.8 Å². The van der Waals surface area contributed by atoms with Crippen molar-refractivity contribution in [3.8, 4) is 0 Å². The van der Waals surface area contributed by atoms with E-state index in [1.54, 1.807) is 19.1 Å². The Hall–Kier alpha value is -2.79. The van der Waals surface area contributed by atoms with Gasteiger partial charge in [0.25, 0.3) is 0 Å². The predicted octanol–water partition coefficient (Wildman–Crippen LogP) is 5.16. The molecule has 38 heavy (non-hydrogen) atoms. The molecule has 0 fully saturated rings. The van der Waals surface area contributed by atoms with Crippen LogP contribution < -0.4 is 9.62 Å². The minimum atomic E-state index is -4.83. The summed E-state index contributed by atoms with van der Waals surface area (Å²) in [4.78, 5) is 28.1. The molecule has 2 amide bonds. The summed E-state index contributed by atoms with van der Waals surface area (Å²) in [5, 5.41) is 2.26. The fraction of sp³-hybridized carbons (Fsp3) is 0.462. The molecule has 0 unspecified atom stereocenters. The molecule has 1 N–H and O–H groups in total. The van der Waals surface area contributed by atoms with Crippen molar-refractivity contribution in [2.45, 2.75) is 65.3 Å². The van der Waals surface area contributed by atoms with E-state index in [2.05, 4.69) is 5.32 Å². The summed E-state index contributed by atoms with van der Waals surface area (Å²) in [5.74, 6) is -1.14. The number of aryl methyl sites for hydroxylation is 1. The Morgan fingerprint density at radius 2 is 1.71 bits per heavy atom. The highest BCUT2D eigenvalue weighted by molar-refractivity contribution is 7.92. The first-order valence-electron chi connectivity index (χ1n) is 12.1. The number of alkyl halides is 3. The van der Waals surface area contributed by atoms with Crippen LogP contribution in [0.1, 0.15) is 50.3 Å². The zero-order chi connectivity index (χ0) is 28.8. The van der Waals surface area contributed by atoms with Gasteiger partial charge in [0.2, 0.25) is 21.8 Å². The number of rotatable bonds is 11. The van der Waals surface area contributed by atoms with Crippen molar-refractivity contribution in [1.29, 1.82) is 0 Å². The highest BCUT2D eigenvalue weighted by Gasteiger charge is 2.36. The molecule has 0 heterocycles. The summed E-state index contributed by atoms with van der Waals surface area (Å²) >= 11 is 5.70. The molecule has 0 aliphatic heterocycles. The van der Waals surface area contributed by atoms with Gasteiger partial charge < -0.3 is 10.2 Å². The third kappa shape index (κ3) is 8.10. The fourth-order valence-electron chi connectivity index (χ4n) is 3.83. The lowest BCUT2D eigenvalue weighted by Gasteiger charge is -2.33. The van der Waals surface area contributed by atoms with Crippen molar-refractivity contribution < 1.29 is 31.2 Å². The molecule has 7 nitrogen and oxygen atoms in total. The second-order valence-corrected chi connectivity index (χ2v) is 11.4. The standard InChI is InChI=1S/C26H33ClF3N3O4S/c1-6-18(4)31-25(35)23(7-2)32(15-19-11-9-8-10-17(19)3)24(34)16-33(38(5,36)37)20-12-13-22(27)21(14-20)26(28,29)30/h8-14,18,23H,6-7,15-16H2,1-5H3,(H,31,35)/t18-,23+/m0/s1. The Morgan fingerprint density at radius 1 is 1.08 bits per heavy atom. The molecule has 2 aromatic carbocycles. The first kappa shape index (κ1) is 31.4. The Labute approximate surface area is 227 Å². The minimum Gasteiger partial charge on any atom is -0.352 e. The molecule has 0 aromatic heterocycles. The Balaban J connectivity index is 2.54. The van der Waals surface area contributed by atoms with Crippen LogP contribution in [0, 0.1) is 6.92 Å². The highest BCUT2D eigenvalue weighted by atomic mass is 35.5. The SMILES string of the molecule is CC[C@H](C(=O)N[C@@H](C)CC)N(Cc1ccccc1C)C(=O)CN(c1ccc(Cl)c(C(F)(F)F)c1)S(C)(=O)=O. The van der Waals surface area contributed by atoms with Gasteiger partial charge in [-0.15, -0.1) is 0 Å². The number of nitrogens with one attached hydrogen (secondary N) is 1. The zero-order valence-electron chi connectivity index (χ0n) is 22.0. The number of anilines is 1. The van der Waals surface area contributed by atoms with Crippen molar-refractivity contribution >= 4 is 39.1 Å².